The van der Waals surface area contributed by atoms with Crippen LogP contribution in [0.3, 0.4) is 0 Å². The van der Waals surface area contributed by atoms with Gasteiger partial charge in [0.05, 0.1) is 12.7 Å². The van der Waals surface area contributed by atoms with Gasteiger partial charge in [-0.2, -0.15) is 0 Å². The van der Waals surface area contributed by atoms with Crippen molar-refractivity contribution in [2.24, 2.45) is 0 Å². The number of hydrogen-bond acceptors (Lipinski definition) is 5. The highest BCUT2D eigenvalue weighted by Crippen LogP contribution is 2.36. The Kier molecular flexibility index (Phi) is 5.03. The molecule has 29 heavy (non-hydrogen) atoms. The Bertz CT molecular complexity index is 1110. The third-order valence-electron chi connectivity index (χ3n) is 5.06. The Labute approximate surface area is 169 Å². The number of aromatic nitrogens is 1. The first kappa shape index (κ1) is 19.1. The lowest BCUT2D eigenvalue weighted by Gasteiger charge is -2.10. The summed E-state index contributed by atoms with van der Waals surface area (Å²) in [6.07, 6.45) is 4.83. The van der Waals surface area contributed by atoms with Gasteiger partial charge >= 0.3 is 0 Å². The Hall–Kier alpha value is -3.25. The topological polar surface area (TPSA) is 63.9 Å². The monoisotopic (exact) mass is 392 g/mol. The van der Waals surface area contributed by atoms with E-state index in [1.54, 1.807) is 19.3 Å². The minimum atomic E-state index is -0.184. The Morgan fingerprint density at radius 2 is 2.03 bits per heavy atom. The van der Waals surface area contributed by atoms with Crippen LogP contribution in [0, 0.1) is 0 Å². The number of aromatic hydroxyl groups is 1. The molecule has 0 spiro atoms. The lowest BCUT2D eigenvalue weighted by Crippen LogP contribution is -2.14. The Morgan fingerprint density at radius 1 is 1.21 bits per heavy atom. The van der Waals surface area contributed by atoms with E-state index in [2.05, 4.69) is 23.6 Å². The summed E-state index contributed by atoms with van der Waals surface area (Å²) < 4.78 is 13.3. The van der Waals surface area contributed by atoms with E-state index in [1.807, 2.05) is 24.4 Å². The predicted molar refractivity (Wildman–Crippen MR) is 113 cm³/mol. The molecule has 0 atom stereocenters. The maximum Gasteiger partial charge on any atom is 0.231 e. The molecule has 0 saturated carbocycles. The third kappa shape index (κ3) is 3.71. The first-order valence-corrected chi connectivity index (χ1v) is 9.55. The predicted octanol–water partition coefficient (Wildman–Crippen LogP) is 3.92. The van der Waals surface area contributed by atoms with Gasteiger partial charge in [0, 0.05) is 35.3 Å². The number of benzene rings is 2. The van der Waals surface area contributed by atoms with Gasteiger partial charge in [-0.3, -0.25) is 4.79 Å². The molecule has 0 bridgehead atoms. The lowest BCUT2D eigenvalue weighted by molar-refractivity contribution is 0.101. The molecule has 150 valence electrons. The number of ether oxygens (including phenoxy) is 2. The average Bonchev–Trinajstić information content (AvgIpc) is 3.19. The molecule has 0 saturated heterocycles. The van der Waals surface area contributed by atoms with Gasteiger partial charge in [-0.1, -0.05) is 0 Å². The molecule has 0 fully saturated rings. The average molecular weight is 392 g/mol. The van der Waals surface area contributed by atoms with Gasteiger partial charge in [0.15, 0.2) is 5.76 Å². The minimum absolute atomic E-state index is 0.0695. The van der Waals surface area contributed by atoms with Crippen LogP contribution in [0.1, 0.15) is 22.3 Å². The highest BCUT2D eigenvalue weighted by Gasteiger charge is 2.28. The van der Waals surface area contributed by atoms with Crippen molar-refractivity contribution in [2.75, 3.05) is 27.7 Å². The number of Topliss-reactive ketones (excluding diaryl/α,β-unsaturated/α-hetero) is 1. The van der Waals surface area contributed by atoms with E-state index in [1.165, 1.54) is 12.1 Å². The number of methoxy groups -OCH3 is 1. The smallest absolute Gasteiger partial charge is 0.231 e. The van der Waals surface area contributed by atoms with Crippen LogP contribution in [-0.4, -0.2) is 48.1 Å². The Balaban J connectivity index is 1.73. The molecule has 4 rings (SSSR count). The Morgan fingerprint density at radius 3 is 2.79 bits per heavy atom. The van der Waals surface area contributed by atoms with E-state index in [0.29, 0.717) is 11.3 Å². The number of nitrogens with zero attached hydrogens (tertiary/aromatic N) is 2. The van der Waals surface area contributed by atoms with Gasteiger partial charge in [-0.15, -0.1) is 0 Å². The van der Waals surface area contributed by atoms with Crippen LogP contribution in [0.25, 0.3) is 17.0 Å². The third-order valence-corrected chi connectivity index (χ3v) is 5.06. The van der Waals surface area contributed by atoms with Gasteiger partial charge < -0.3 is 24.0 Å². The molecule has 0 aliphatic carbocycles. The van der Waals surface area contributed by atoms with Crippen LogP contribution in [-0.2, 0) is 6.54 Å². The van der Waals surface area contributed by atoms with E-state index in [4.69, 9.17) is 9.47 Å². The fourth-order valence-corrected chi connectivity index (χ4v) is 3.60. The van der Waals surface area contributed by atoms with Gasteiger partial charge in [0.1, 0.15) is 17.2 Å². The van der Waals surface area contributed by atoms with E-state index in [-0.39, 0.29) is 17.3 Å². The zero-order valence-electron chi connectivity index (χ0n) is 16.8. The summed E-state index contributed by atoms with van der Waals surface area (Å²) in [6, 6.07) is 10.5. The number of aryl methyl sites for hydroxylation is 1. The maximum atomic E-state index is 12.7. The van der Waals surface area contributed by atoms with Crippen molar-refractivity contribution in [1.29, 1.82) is 0 Å². The molecule has 1 aliphatic rings. The number of allylic oxidation sites excluding steroid dienone is 1. The van der Waals surface area contributed by atoms with Crippen molar-refractivity contribution in [3.63, 3.8) is 0 Å². The van der Waals surface area contributed by atoms with Crippen molar-refractivity contribution < 1.29 is 19.4 Å². The quantitative estimate of drug-likeness (QED) is 0.644. The number of phenols is 1. The summed E-state index contributed by atoms with van der Waals surface area (Å²) in [5.41, 5.74) is 2.43. The molecule has 6 heteroatoms. The van der Waals surface area contributed by atoms with E-state index in [9.17, 15) is 9.90 Å². The van der Waals surface area contributed by atoms with E-state index >= 15 is 0 Å². The van der Waals surface area contributed by atoms with Crippen LogP contribution >= 0.6 is 0 Å². The summed E-state index contributed by atoms with van der Waals surface area (Å²) in [5.74, 6) is 1.28. The number of carbonyl (C=O) groups excluding carboxylic acids is 1. The standard InChI is InChI=1S/C23H24N2O4/c1-24(2)9-4-10-25-14-15(19-13-17(28-3)6-8-20(19)25)11-22-23(27)18-7-5-16(26)12-21(18)29-22/h5-8,11-14,26H,4,9-10H2,1-3H3. The van der Waals surface area contributed by atoms with Crippen molar-refractivity contribution in [2.45, 2.75) is 13.0 Å². The maximum absolute atomic E-state index is 12.7. The van der Waals surface area contributed by atoms with Crippen molar-refractivity contribution in [3.8, 4) is 17.2 Å². The molecule has 0 unspecified atom stereocenters. The first-order valence-electron chi connectivity index (χ1n) is 9.55. The fraction of sp³-hybridized carbons (Fsp3) is 0.261. The SMILES string of the molecule is COc1ccc2c(c1)c(C=C1Oc3cc(O)ccc3C1=O)cn2CCCN(C)C. The number of carbonyl (C=O) groups is 1. The summed E-state index contributed by atoms with van der Waals surface area (Å²) in [6.45, 7) is 1.86. The molecule has 0 amide bonds. The van der Waals surface area contributed by atoms with Crippen LogP contribution in [0.4, 0.5) is 0 Å². The highest BCUT2D eigenvalue weighted by molar-refractivity contribution is 6.15. The molecule has 1 aliphatic heterocycles. The summed E-state index contributed by atoms with van der Waals surface area (Å²) in [4.78, 5) is 14.9. The van der Waals surface area contributed by atoms with Crippen LogP contribution in [0.15, 0.2) is 48.4 Å². The number of fused-ring (bicyclic) bond motifs is 2. The number of ketones is 1. The van der Waals surface area contributed by atoms with Gasteiger partial charge in [-0.05, 0) is 63.5 Å². The molecule has 1 N–H and O–H groups in total. The second kappa shape index (κ2) is 7.64. The largest absolute Gasteiger partial charge is 0.508 e. The normalized spacial score (nSPS) is 14.6. The molecule has 3 aromatic rings. The van der Waals surface area contributed by atoms with Gasteiger partial charge in [-0.25, -0.2) is 0 Å². The van der Waals surface area contributed by atoms with Crippen LogP contribution in [0.2, 0.25) is 0 Å². The van der Waals surface area contributed by atoms with Crippen molar-refractivity contribution >= 4 is 22.8 Å². The first-order chi connectivity index (χ1) is 14.0. The van der Waals surface area contributed by atoms with Crippen LogP contribution < -0.4 is 9.47 Å². The zero-order chi connectivity index (χ0) is 20.5. The second-order valence-electron chi connectivity index (χ2n) is 7.44. The van der Waals surface area contributed by atoms with Crippen LogP contribution in [0.5, 0.6) is 17.2 Å². The summed E-state index contributed by atoms with van der Waals surface area (Å²) >= 11 is 0. The van der Waals surface area contributed by atoms with Crippen molar-refractivity contribution in [1.82, 2.24) is 9.47 Å². The summed E-state index contributed by atoms with van der Waals surface area (Å²) in [7, 11) is 5.76. The zero-order valence-corrected chi connectivity index (χ0v) is 16.8. The number of hydrogen-bond donors (Lipinski definition) is 1. The lowest BCUT2D eigenvalue weighted by atomic mass is 10.1. The fourth-order valence-electron chi connectivity index (χ4n) is 3.60. The minimum Gasteiger partial charge on any atom is -0.508 e. The molecule has 6 nitrogen and oxygen atoms in total. The molecule has 2 heterocycles. The molecular formula is C23H24N2O4. The summed E-state index contributed by atoms with van der Waals surface area (Å²) in [5, 5.41) is 10.6. The van der Waals surface area contributed by atoms with Gasteiger partial charge in [0.2, 0.25) is 5.78 Å². The number of rotatable bonds is 6. The van der Waals surface area contributed by atoms with Gasteiger partial charge in [0.25, 0.3) is 0 Å². The molecule has 2 aromatic carbocycles. The number of phenolic OH excluding ortho intramolecular Hbond substituents is 1. The molecule has 0 radical (unpaired) electrons. The van der Waals surface area contributed by atoms with E-state index < -0.39 is 0 Å². The highest BCUT2D eigenvalue weighted by atomic mass is 16.5. The molecule has 1 aromatic heterocycles. The second-order valence-corrected chi connectivity index (χ2v) is 7.44. The molecular weight excluding hydrogens is 368 g/mol. The van der Waals surface area contributed by atoms with Crippen molar-refractivity contribution in [3.05, 3.63) is 59.5 Å². The van der Waals surface area contributed by atoms with E-state index in [0.717, 1.165) is 41.7 Å².